The van der Waals surface area contributed by atoms with Crippen molar-refractivity contribution in [1.82, 2.24) is 9.80 Å². The second-order valence-corrected chi connectivity index (χ2v) is 6.11. The van der Waals surface area contributed by atoms with E-state index in [1.165, 1.54) is 39.1 Å². The molecular formula is C14H31BrN2. The van der Waals surface area contributed by atoms with Gasteiger partial charge in [-0.25, -0.2) is 0 Å². The molecule has 0 aliphatic carbocycles. The van der Waals surface area contributed by atoms with Crippen molar-refractivity contribution in [2.24, 2.45) is 5.41 Å². The molecule has 0 saturated heterocycles. The maximum absolute atomic E-state index is 3.61. The highest BCUT2D eigenvalue weighted by Gasteiger charge is 2.19. The fourth-order valence-corrected chi connectivity index (χ4v) is 2.23. The Morgan fingerprint density at radius 3 is 1.76 bits per heavy atom. The Hall–Kier alpha value is 0.400. The van der Waals surface area contributed by atoms with E-state index in [1.54, 1.807) is 0 Å². The highest BCUT2D eigenvalue weighted by Crippen LogP contribution is 2.19. The van der Waals surface area contributed by atoms with E-state index in [-0.39, 0.29) is 0 Å². The van der Waals surface area contributed by atoms with Gasteiger partial charge < -0.3 is 9.80 Å². The Labute approximate surface area is 117 Å². The van der Waals surface area contributed by atoms with Crippen LogP contribution in [0.25, 0.3) is 0 Å². The lowest BCUT2D eigenvalue weighted by Gasteiger charge is -2.31. The maximum Gasteiger partial charge on any atom is 0.00949 e. The fourth-order valence-electron chi connectivity index (χ4n) is 2.05. The van der Waals surface area contributed by atoms with Crippen LogP contribution in [0.4, 0.5) is 0 Å². The number of hydrogen-bond donors (Lipinski definition) is 0. The Kier molecular flexibility index (Phi) is 9.57. The Morgan fingerprint density at radius 1 is 0.882 bits per heavy atom. The third-order valence-electron chi connectivity index (χ3n) is 3.30. The minimum Gasteiger partial charge on any atom is -0.304 e. The first-order chi connectivity index (χ1) is 7.99. The zero-order valence-corrected chi connectivity index (χ0v) is 14.0. The second kappa shape index (κ2) is 9.35. The average molecular weight is 307 g/mol. The normalized spacial score (nSPS) is 12.7. The Balaban J connectivity index is 3.90. The predicted octanol–water partition coefficient (Wildman–Crippen LogP) is 3.46. The lowest BCUT2D eigenvalue weighted by Crippen LogP contribution is -2.37. The summed E-state index contributed by atoms with van der Waals surface area (Å²) in [6, 6.07) is 0. The van der Waals surface area contributed by atoms with Crippen LogP contribution in [0, 0.1) is 5.41 Å². The molecule has 0 unspecified atom stereocenters. The molecule has 0 spiro atoms. The lowest BCUT2D eigenvalue weighted by atomic mass is 9.96. The van der Waals surface area contributed by atoms with Gasteiger partial charge in [0.15, 0.2) is 0 Å². The zero-order valence-electron chi connectivity index (χ0n) is 12.4. The molecule has 0 rings (SSSR count). The molecule has 0 aliphatic rings. The van der Waals surface area contributed by atoms with Gasteiger partial charge in [-0.05, 0) is 44.6 Å². The standard InChI is InChI=1S/C14H31BrN2/c1-6-16(7-2)10-9-11-17(8-3)13-14(4,5)12-15/h6-13H2,1-5H3. The van der Waals surface area contributed by atoms with E-state index < -0.39 is 0 Å². The van der Waals surface area contributed by atoms with Crippen LogP contribution in [-0.2, 0) is 0 Å². The lowest BCUT2D eigenvalue weighted by molar-refractivity contribution is 0.189. The van der Waals surface area contributed by atoms with Crippen LogP contribution in [0.1, 0.15) is 41.0 Å². The van der Waals surface area contributed by atoms with E-state index in [0.717, 1.165) is 11.9 Å². The first-order valence-electron chi connectivity index (χ1n) is 6.99. The van der Waals surface area contributed by atoms with Gasteiger partial charge in [0.2, 0.25) is 0 Å². The second-order valence-electron chi connectivity index (χ2n) is 5.55. The van der Waals surface area contributed by atoms with E-state index in [4.69, 9.17) is 0 Å². The number of hydrogen-bond acceptors (Lipinski definition) is 2. The van der Waals surface area contributed by atoms with Crippen LogP contribution in [0.2, 0.25) is 0 Å². The molecule has 3 heteroatoms. The molecule has 0 radical (unpaired) electrons. The van der Waals surface area contributed by atoms with Crippen LogP contribution < -0.4 is 0 Å². The Morgan fingerprint density at radius 2 is 1.35 bits per heavy atom. The van der Waals surface area contributed by atoms with Crippen molar-refractivity contribution in [1.29, 1.82) is 0 Å². The largest absolute Gasteiger partial charge is 0.304 e. The molecule has 0 aliphatic heterocycles. The smallest absolute Gasteiger partial charge is 0.00949 e. The number of nitrogens with zero attached hydrogens (tertiary/aromatic N) is 2. The topological polar surface area (TPSA) is 6.48 Å². The summed E-state index contributed by atoms with van der Waals surface area (Å²) in [7, 11) is 0. The number of rotatable bonds is 10. The van der Waals surface area contributed by atoms with Gasteiger partial charge in [-0.15, -0.1) is 0 Å². The minimum atomic E-state index is 0.380. The summed E-state index contributed by atoms with van der Waals surface area (Å²) >= 11 is 3.61. The van der Waals surface area contributed by atoms with Gasteiger partial charge in [0.1, 0.15) is 0 Å². The van der Waals surface area contributed by atoms with Gasteiger partial charge in [0.25, 0.3) is 0 Å². The summed E-state index contributed by atoms with van der Waals surface area (Å²) in [5.74, 6) is 0. The van der Waals surface area contributed by atoms with E-state index in [0.29, 0.717) is 5.41 Å². The number of halogens is 1. The van der Waals surface area contributed by atoms with Gasteiger partial charge >= 0.3 is 0 Å². The molecule has 2 nitrogen and oxygen atoms in total. The van der Waals surface area contributed by atoms with Crippen LogP contribution in [-0.4, -0.2) is 54.4 Å². The van der Waals surface area contributed by atoms with Crippen LogP contribution in [0.3, 0.4) is 0 Å². The van der Waals surface area contributed by atoms with Gasteiger partial charge in [0, 0.05) is 11.9 Å². The van der Waals surface area contributed by atoms with Crippen LogP contribution in [0.5, 0.6) is 0 Å². The highest BCUT2D eigenvalue weighted by molar-refractivity contribution is 9.09. The summed E-state index contributed by atoms with van der Waals surface area (Å²) < 4.78 is 0. The fraction of sp³-hybridized carbons (Fsp3) is 1.00. The van der Waals surface area contributed by atoms with E-state index in [9.17, 15) is 0 Å². The molecule has 0 aromatic carbocycles. The summed E-state index contributed by atoms with van der Waals surface area (Å²) in [6.45, 7) is 18.6. The molecular weight excluding hydrogens is 276 g/mol. The molecule has 0 heterocycles. The van der Waals surface area contributed by atoms with Gasteiger partial charge in [0.05, 0.1) is 0 Å². The molecule has 0 aromatic heterocycles. The van der Waals surface area contributed by atoms with Gasteiger partial charge in [-0.1, -0.05) is 50.5 Å². The molecule has 0 bridgehead atoms. The van der Waals surface area contributed by atoms with E-state index >= 15 is 0 Å². The van der Waals surface area contributed by atoms with Gasteiger partial charge in [-0.2, -0.15) is 0 Å². The molecule has 0 aromatic rings. The van der Waals surface area contributed by atoms with Crippen molar-refractivity contribution < 1.29 is 0 Å². The zero-order chi connectivity index (χ0) is 13.3. The summed E-state index contributed by atoms with van der Waals surface area (Å²) in [5, 5.41) is 1.08. The quantitative estimate of drug-likeness (QED) is 0.570. The molecule has 0 saturated carbocycles. The van der Waals surface area contributed by atoms with Crippen molar-refractivity contribution in [3.63, 3.8) is 0 Å². The third kappa shape index (κ3) is 8.17. The Bertz CT molecular complexity index is 179. The van der Waals surface area contributed by atoms with Crippen molar-refractivity contribution in [2.75, 3.05) is 44.6 Å². The highest BCUT2D eigenvalue weighted by atomic mass is 79.9. The van der Waals surface area contributed by atoms with E-state index in [1.807, 2.05) is 0 Å². The molecule has 17 heavy (non-hydrogen) atoms. The van der Waals surface area contributed by atoms with Crippen LogP contribution in [0.15, 0.2) is 0 Å². The van der Waals surface area contributed by atoms with Crippen molar-refractivity contribution in [3.8, 4) is 0 Å². The monoisotopic (exact) mass is 306 g/mol. The average Bonchev–Trinajstić information content (AvgIpc) is 2.33. The molecule has 0 atom stereocenters. The first kappa shape index (κ1) is 17.4. The van der Waals surface area contributed by atoms with Crippen molar-refractivity contribution in [2.45, 2.75) is 41.0 Å². The van der Waals surface area contributed by atoms with Crippen molar-refractivity contribution >= 4 is 15.9 Å². The third-order valence-corrected chi connectivity index (χ3v) is 4.82. The molecule has 0 amide bonds. The summed E-state index contributed by atoms with van der Waals surface area (Å²) in [4.78, 5) is 5.08. The SMILES string of the molecule is CCN(CC)CCCN(CC)CC(C)(C)CBr. The maximum atomic E-state index is 3.61. The number of alkyl halides is 1. The van der Waals surface area contributed by atoms with Crippen LogP contribution >= 0.6 is 15.9 Å². The summed E-state index contributed by atoms with van der Waals surface area (Å²) in [5.41, 5.74) is 0.380. The molecule has 0 N–H and O–H groups in total. The molecule has 0 fully saturated rings. The van der Waals surface area contributed by atoms with Gasteiger partial charge in [-0.3, -0.25) is 0 Å². The summed E-state index contributed by atoms with van der Waals surface area (Å²) in [6.07, 6.45) is 1.29. The van der Waals surface area contributed by atoms with Crippen molar-refractivity contribution in [3.05, 3.63) is 0 Å². The van der Waals surface area contributed by atoms with E-state index in [2.05, 4.69) is 60.3 Å². The first-order valence-corrected chi connectivity index (χ1v) is 8.11. The molecule has 104 valence electrons. The minimum absolute atomic E-state index is 0.380. The predicted molar refractivity (Wildman–Crippen MR) is 82.1 cm³/mol.